The van der Waals surface area contributed by atoms with Gasteiger partial charge in [0.05, 0.1) is 11.4 Å². The molecule has 1 unspecified atom stereocenters. The van der Waals surface area contributed by atoms with Gasteiger partial charge in [-0.2, -0.15) is 5.10 Å². The van der Waals surface area contributed by atoms with Gasteiger partial charge in [0, 0.05) is 12.2 Å². The molecule has 1 aromatic carbocycles. The number of nitrogens with zero attached hydrogens (tertiary/aromatic N) is 2. The maximum atomic E-state index is 4.52. The second-order valence-electron chi connectivity index (χ2n) is 5.51. The van der Waals surface area contributed by atoms with Crippen LogP contribution >= 0.6 is 0 Å². The van der Waals surface area contributed by atoms with Crippen LogP contribution in [-0.4, -0.2) is 16.3 Å². The lowest BCUT2D eigenvalue weighted by atomic mass is 10.0. The Bertz CT molecular complexity index is 504. The van der Waals surface area contributed by atoms with Crippen molar-refractivity contribution in [2.75, 3.05) is 6.54 Å². The smallest absolute Gasteiger partial charge is 0.0649 e. The summed E-state index contributed by atoms with van der Waals surface area (Å²) in [5, 5.41) is 8.20. The van der Waals surface area contributed by atoms with Gasteiger partial charge in [0.1, 0.15) is 0 Å². The van der Waals surface area contributed by atoms with Crippen LogP contribution in [0.5, 0.6) is 0 Å². The lowest BCUT2D eigenvalue weighted by molar-refractivity contribution is 0.456. The first-order chi connectivity index (χ1) is 10.4. The lowest BCUT2D eigenvalue weighted by Crippen LogP contribution is -2.24. The van der Waals surface area contributed by atoms with E-state index in [1.165, 1.54) is 31.4 Å². The molecular weight excluding hydrogens is 258 g/mol. The van der Waals surface area contributed by atoms with E-state index >= 15 is 0 Å². The van der Waals surface area contributed by atoms with E-state index < -0.39 is 0 Å². The van der Waals surface area contributed by atoms with Crippen molar-refractivity contribution in [2.45, 2.75) is 52.0 Å². The van der Waals surface area contributed by atoms with E-state index in [4.69, 9.17) is 0 Å². The number of unbranched alkanes of at least 4 members (excludes halogenated alkanes) is 2. The average molecular weight is 285 g/mol. The van der Waals surface area contributed by atoms with Crippen LogP contribution in [0.2, 0.25) is 0 Å². The third-order valence-corrected chi connectivity index (χ3v) is 3.77. The van der Waals surface area contributed by atoms with Crippen molar-refractivity contribution >= 4 is 0 Å². The summed E-state index contributed by atoms with van der Waals surface area (Å²) in [7, 11) is 0. The zero-order chi connectivity index (χ0) is 14.9. The summed E-state index contributed by atoms with van der Waals surface area (Å²) in [6.45, 7) is 5.52. The van der Waals surface area contributed by atoms with E-state index in [0.29, 0.717) is 6.04 Å². The van der Waals surface area contributed by atoms with Crippen molar-refractivity contribution in [3.8, 4) is 5.69 Å². The van der Waals surface area contributed by atoms with E-state index in [2.05, 4.69) is 59.3 Å². The Morgan fingerprint density at radius 2 is 1.86 bits per heavy atom. The maximum Gasteiger partial charge on any atom is 0.0649 e. The van der Waals surface area contributed by atoms with Crippen molar-refractivity contribution < 1.29 is 0 Å². The number of hydrogen-bond donors (Lipinski definition) is 1. The Morgan fingerprint density at radius 1 is 1.05 bits per heavy atom. The second-order valence-corrected chi connectivity index (χ2v) is 5.51. The van der Waals surface area contributed by atoms with Gasteiger partial charge < -0.3 is 5.32 Å². The summed E-state index contributed by atoms with van der Waals surface area (Å²) in [4.78, 5) is 0. The summed E-state index contributed by atoms with van der Waals surface area (Å²) in [5.74, 6) is 0. The molecule has 21 heavy (non-hydrogen) atoms. The van der Waals surface area contributed by atoms with Crippen molar-refractivity contribution in [3.05, 3.63) is 48.3 Å². The highest BCUT2D eigenvalue weighted by molar-refractivity contribution is 5.33. The molecule has 0 aliphatic heterocycles. The van der Waals surface area contributed by atoms with Gasteiger partial charge in [-0.15, -0.1) is 0 Å². The highest BCUT2D eigenvalue weighted by atomic mass is 15.3. The Morgan fingerprint density at radius 3 is 2.57 bits per heavy atom. The molecule has 0 bridgehead atoms. The topological polar surface area (TPSA) is 29.9 Å². The van der Waals surface area contributed by atoms with E-state index in [-0.39, 0.29) is 0 Å². The summed E-state index contributed by atoms with van der Waals surface area (Å²) >= 11 is 0. The summed E-state index contributed by atoms with van der Waals surface area (Å²) < 4.78 is 2.07. The van der Waals surface area contributed by atoms with Gasteiger partial charge in [-0.3, -0.25) is 0 Å². The summed E-state index contributed by atoms with van der Waals surface area (Å²) in [6.07, 6.45) is 8.05. The number of hydrogen-bond acceptors (Lipinski definition) is 2. The van der Waals surface area contributed by atoms with Crippen LogP contribution in [0.25, 0.3) is 5.69 Å². The molecule has 0 aliphatic carbocycles. The van der Waals surface area contributed by atoms with Gasteiger partial charge in [0.25, 0.3) is 0 Å². The van der Waals surface area contributed by atoms with Crippen molar-refractivity contribution in [1.29, 1.82) is 0 Å². The fourth-order valence-electron chi connectivity index (χ4n) is 2.63. The number of aromatic nitrogens is 2. The predicted molar refractivity (Wildman–Crippen MR) is 88.7 cm³/mol. The molecule has 0 amide bonds. The Kier molecular flexibility index (Phi) is 6.48. The minimum Gasteiger partial charge on any atom is -0.309 e. The molecule has 2 aromatic rings. The summed E-state index contributed by atoms with van der Waals surface area (Å²) in [6, 6.07) is 12.9. The van der Waals surface area contributed by atoms with E-state index in [9.17, 15) is 0 Å². The largest absolute Gasteiger partial charge is 0.309 e. The Hall–Kier alpha value is -1.61. The normalized spacial score (nSPS) is 12.5. The van der Waals surface area contributed by atoms with Crippen molar-refractivity contribution in [2.24, 2.45) is 0 Å². The molecule has 3 nitrogen and oxygen atoms in total. The third-order valence-electron chi connectivity index (χ3n) is 3.77. The molecule has 0 fully saturated rings. The van der Waals surface area contributed by atoms with Crippen LogP contribution in [0.15, 0.2) is 42.6 Å². The molecule has 1 N–H and O–H groups in total. The zero-order valence-electron chi connectivity index (χ0n) is 13.3. The first kappa shape index (κ1) is 15.8. The minimum atomic E-state index is 0.388. The molecule has 0 saturated carbocycles. The minimum absolute atomic E-state index is 0.388. The van der Waals surface area contributed by atoms with E-state index in [1.807, 2.05) is 12.3 Å². The van der Waals surface area contributed by atoms with E-state index in [0.717, 1.165) is 18.7 Å². The van der Waals surface area contributed by atoms with Crippen LogP contribution in [0, 0.1) is 0 Å². The molecule has 1 aromatic heterocycles. The fraction of sp³-hybridized carbons (Fsp3) is 0.500. The first-order valence-corrected chi connectivity index (χ1v) is 8.19. The Balaban J connectivity index is 2.17. The van der Waals surface area contributed by atoms with Crippen LogP contribution < -0.4 is 5.32 Å². The van der Waals surface area contributed by atoms with E-state index in [1.54, 1.807) is 0 Å². The number of nitrogens with one attached hydrogen (secondary N) is 1. The molecular formula is C18H27N3. The van der Waals surface area contributed by atoms with Crippen LogP contribution in [0.3, 0.4) is 0 Å². The SMILES string of the molecule is CCCCCC(NCCC)c1ccnn1-c1ccccc1. The van der Waals surface area contributed by atoms with Gasteiger partial charge >= 0.3 is 0 Å². The third kappa shape index (κ3) is 4.43. The molecule has 0 radical (unpaired) electrons. The van der Waals surface area contributed by atoms with Gasteiger partial charge in [-0.05, 0) is 37.6 Å². The monoisotopic (exact) mass is 285 g/mol. The van der Waals surface area contributed by atoms with Crippen molar-refractivity contribution in [1.82, 2.24) is 15.1 Å². The first-order valence-electron chi connectivity index (χ1n) is 8.19. The number of para-hydroxylation sites is 1. The molecule has 1 atom stereocenters. The summed E-state index contributed by atoms with van der Waals surface area (Å²) in [5.41, 5.74) is 2.40. The average Bonchev–Trinajstić information content (AvgIpc) is 3.01. The van der Waals surface area contributed by atoms with Crippen LogP contribution in [-0.2, 0) is 0 Å². The molecule has 3 heteroatoms. The number of rotatable bonds is 9. The van der Waals surface area contributed by atoms with Gasteiger partial charge in [0.2, 0.25) is 0 Å². The lowest BCUT2D eigenvalue weighted by Gasteiger charge is -2.20. The molecule has 0 aliphatic rings. The highest BCUT2D eigenvalue weighted by Crippen LogP contribution is 2.22. The molecule has 0 saturated heterocycles. The zero-order valence-corrected chi connectivity index (χ0v) is 13.3. The predicted octanol–water partition coefficient (Wildman–Crippen LogP) is 4.49. The van der Waals surface area contributed by atoms with Crippen molar-refractivity contribution in [3.63, 3.8) is 0 Å². The highest BCUT2D eigenvalue weighted by Gasteiger charge is 2.16. The van der Waals surface area contributed by atoms with Crippen LogP contribution in [0.4, 0.5) is 0 Å². The standard InChI is InChI=1S/C18H27N3/c1-3-5-7-12-17(19-14-4-2)18-13-15-20-21(18)16-10-8-6-9-11-16/h6,8-11,13,15,17,19H,3-5,7,12,14H2,1-2H3. The second kappa shape index (κ2) is 8.63. The molecule has 114 valence electrons. The number of benzene rings is 1. The van der Waals surface area contributed by atoms with Gasteiger partial charge in [0.15, 0.2) is 0 Å². The van der Waals surface area contributed by atoms with Gasteiger partial charge in [-0.1, -0.05) is 51.3 Å². The fourth-order valence-corrected chi connectivity index (χ4v) is 2.63. The molecule has 2 rings (SSSR count). The quantitative estimate of drug-likeness (QED) is 0.688. The van der Waals surface area contributed by atoms with Gasteiger partial charge in [-0.25, -0.2) is 4.68 Å². The molecule has 1 heterocycles. The Labute approximate surface area is 128 Å². The molecule has 0 spiro atoms. The maximum absolute atomic E-state index is 4.52. The van der Waals surface area contributed by atoms with Crippen LogP contribution in [0.1, 0.15) is 57.7 Å².